The summed E-state index contributed by atoms with van der Waals surface area (Å²) < 4.78 is 5.64. The molecule has 1 rings (SSSR count). The molecule has 16 heavy (non-hydrogen) atoms. The highest BCUT2D eigenvalue weighted by atomic mass is 16.5. The molecule has 2 heteroatoms. The molecule has 0 aromatic rings. The Kier molecular flexibility index (Phi) is 6.37. The number of hydrogen-bond acceptors (Lipinski definition) is 2. The molecule has 1 N–H and O–H groups in total. The van der Waals surface area contributed by atoms with Crippen molar-refractivity contribution in [3.05, 3.63) is 0 Å². The van der Waals surface area contributed by atoms with Crippen molar-refractivity contribution in [3.63, 3.8) is 0 Å². The van der Waals surface area contributed by atoms with Gasteiger partial charge in [-0.3, -0.25) is 0 Å². The Balaban J connectivity index is 2.67. The quantitative estimate of drug-likeness (QED) is 0.752. The van der Waals surface area contributed by atoms with E-state index in [-0.39, 0.29) is 0 Å². The van der Waals surface area contributed by atoms with Crippen molar-refractivity contribution < 1.29 is 4.74 Å². The number of methoxy groups -OCH3 is 1. The first-order valence-electron chi connectivity index (χ1n) is 6.98. The Morgan fingerprint density at radius 1 is 1.25 bits per heavy atom. The number of hydrogen-bond donors (Lipinski definition) is 1. The molecular formula is C14H29NO. The van der Waals surface area contributed by atoms with Gasteiger partial charge in [-0.25, -0.2) is 0 Å². The molecule has 1 aliphatic carbocycles. The molecule has 2 nitrogen and oxygen atoms in total. The summed E-state index contributed by atoms with van der Waals surface area (Å²) in [7, 11) is 3.94. The molecule has 0 amide bonds. The SMILES string of the molecule is CCC1CCCCC1C(NC)C(CC)OC. The van der Waals surface area contributed by atoms with Crippen LogP contribution in [0.2, 0.25) is 0 Å². The van der Waals surface area contributed by atoms with Crippen LogP contribution in [-0.4, -0.2) is 26.3 Å². The molecule has 0 bridgehead atoms. The van der Waals surface area contributed by atoms with Crippen molar-refractivity contribution >= 4 is 0 Å². The fourth-order valence-corrected chi connectivity index (χ4v) is 3.46. The third-order valence-corrected chi connectivity index (χ3v) is 4.39. The number of ether oxygens (including phenoxy) is 1. The lowest BCUT2D eigenvalue weighted by Crippen LogP contribution is -2.47. The van der Waals surface area contributed by atoms with Crippen LogP contribution in [-0.2, 0) is 4.74 Å². The fourth-order valence-electron chi connectivity index (χ4n) is 3.46. The monoisotopic (exact) mass is 227 g/mol. The largest absolute Gasteiger partial charge is 0.380 e. The van der Waals surface area contributed by atoms with Crippen LogP contribution in [0, 0.1) is 11.8 Å². The van der Waals surface area contributed by atoms with E-state index in [4.69, 9.17) is 4.74 Å². The second-order valence-corrected chi connectivity index (χ2v) is 5.11. The Morgan fingerprint density at radius 2 is 1.94 bits per heavy atom. The molecule has 1 fully saturated rings. The molecule has 0 aromatic carbocycles. The summed E-state index contributed by atoms with van der Waals surface area (Å²) in [6, 6.07) is 0.542. The van der Waals surface area contributed by atoms with Crippen LogP contribution in [0.5, 0.6) is 0 Å². The van der Waals surface area contributed by atoms with E-state index in [1.54, 1.807) is 0 Å². The van der Waals surface area contributed by atoms with Gasteiger partial charge in [0.2, 0.25) is 0 Å². The average molecular weight is 227 g/mol. The van der Waals surface area contributed by atoms with Crippen molar-refractivity contribution in [2.75, 3.05) is 14.2 Å². The van der Waals surface area contributed by atoms with E-state index >= 15 is 0 Å². The molecule has 4 atom stereocenters. The van der Waals surface area contributed by atoms with Gasteiger partial charge in [-0.05, 0) is 31.7 Å². The van der Waals surface area contributed by atoms with Gasteiger partial charge >= 0.3 is 0 Å². The van der Waals surface area contributed by atoms with E-state index < -0.39 is 0 Å². The van der Waals surface area contributed by atoms with E-state index in [1.807, 2.05) is 7.11 Å². The summed E-state index contributed by atoms with van der Waals surface area (Å²) in [4.78, 5) is 0. The molecule has 0 saturated heterocycles. The van der Waals surface area contributed by atoms with Gasteiger partial charge in [0, 0.05) is 13.2 Å². The second kappa shape index (κ2) is 7.29. The molecule has 0 aliphatic heterocycles. The van der Waals surface area contributed by atoms with Crippen molar-refractivity contribution in [1.29, 1.82) is 0 Å². The molecular weight excluding hydrogens is 198 g/mol. The lowest BCUT2D eigenvalue weighted by Gasteiger charge is -2.39. The highest BCUT2D eigenvalue weighted by Crippen LogP contribution is 2.36. The van der Waals surface area contributed by atoms with Gasteiger partial charge in [-0.1, -0.05) is 39.5 Å². The Morgan fingerprint density at radius 3 is 2.44 bits per heavy atom. The zero-order chi connectivity index (χ0) is 12.0. The van der Waals surface area contributed by atoms with E-state index in [1.165, 1.54) is 32.1 Å². The first kappa shape index (κ1) is 14.0. The van der Waals surface area contributed by atoms with E-state index in [9.17, 15) is 0 Å². The number of rotatable bonds is 6. The van der Waals surface area contributed by atoms with Crippen LogP contribution in [0.1, 0.15) is 52.4 Å². The van der Waals surface area contributed by atoms with Crippen LogP contribution in [0.15, 0.2) is 0 Å². The number of nitrogens with one attached hydrogen (secondary N) is 1. The zero-order valence-corrected chi connectivity index (χ0v) is 11.5. The van der Waals surface area contributed by atoms with Crippen molar-refractivity contribution in [3.8, 4) is 0 Å². The van der Waals surface area contributed by atoms with Gasteiger partial charge in [0.15, 0.2) is 0 Å². The van der Waals surface area contributed by atoms with Gasteiger partial charge in [0.1, 0.15) is 0 Å². The summed E-state index contributed by atoms with van der Waals surface area (Å²) in [6.45, 7) is 4.56. The zero-order valence-electron chi connectivity index (χ0n) is 11.5. The summed E-state index contributed by atoms with van der Waals surface area (Å²) in [5.74, 6) is 1.71. The van der Waals surface area contributed by atoms with E-state index in [0.29, 0.717) is 12.1 Å². The molecule has 0 radical (unpaired) electrons. The second-order valence-electron chi connectivity index (χ2n) is 5.11. The first-order valence-corrected chi connectivity index (χ1v) is 6.98. The molecule has 1 saturated carbocycles. The lowest BCUT2D eigenvalue weighted by molar-refractivity contribution is 0.0236. The minimum Gasteiger partial charge on any atom is -0.380 e. The first-order chi connectivity index (χ1) is 7.78. The van der Waals surface area contributed by atoms with E-state index in [2.05, 4.69) is 26.2 Å². The van der Waals surface area contributed by atoms with Crippen LogP contribution in [0.4, 0.5) is 0 Å². The van der Waals surface area contributed by atoms with Crippen LogP contribution in [0.25, 0.3) is 0 Å². The molecule has 0 heterocycles. The Bertz CT molecular complexity index is 172. The predicted molar refractivity (Wildman–Crippen MR) is 69.7 cm³/mol. The van der Waals surface area contributed by atoms with E-state index in [0.717, 1.165) is 18.3 Å². The molecule has 0 aromatic heterocycles. The summed E-state index contributed by atoms with van der Waals surface area (Å²) in [5, 5.41) is 3.51. The smallest absolute Gasteiger partial charge is 0.0724 e. The van der Waals surface area contributed by atoms with Crippen LogP contribution < -0.4 is 5.32 Å². The maximum absolute atomic E-state index is 5.64. The van der Waals surface area contributed by atoms with Gasteiger partial charge in [-0.15, -0.1) is 0 Å². The maximum atomic E-state index is 5.64. The molecule has 96 valence electrons. The summed E-state index contributed by atoms with van der Waals surface area (Å²) in [6.07, 6.45) is 8.43. The van der Waals surface area contributed by atoms with Crippen LogP contribution in [0.3, 0.4) is 0 Å². The Hall–Kier alpha value is -0.0800. The third kappa shape index (κ3) is 3.21. The molecule has 4 unspecified atom stereocenters. The highest BCUT2D eigenvalue weighted by Gasteiger charge is 2.33. The molecule has 1 aliphatic rings. The Labute approximate surface area is 101 Å². The number of likely N-dealkylation sites (N-methyl/N-ethyl adjacent to an activating group) is 1. The topological polar surface area (TPSA) is 21.3 Å². The average Bonchev–Trinajstić information content (AvgIpc) is 2.35. The molecule has 0 spiro atoms. The van der Waals surface area contributed by atoms with Crippen molar-refractivity contribution in [2.24, 2.45) is 11.8 Å². The normalized spacial score (nSPS) is 30.0. The predicted octanol–water partition coefficient (Wildman–Crippen LogP) is 3.22. The van der Waals surface area contributed by atoms with Gasteiger partial charge in [0.25, 0.3) is 0 Å². The minimum atomic E-state index is 0.377. The standard InChI is InChI=1S/C14H29NO/c1-5-11-9-7-8-10-12(11)14(15-3)13(6-2)16-4/h11-15H,5-10H2,1-4H3. The maximum Gasteiger partial charge on any atom is 0.0724 e. The van der Waals surface area contributed by atoms with Crippen LogP contribution >= 0.6 is 0 Å². The third-order valence-electron chi connectivity index (χ3n) is 4.39. The summed E-state index contributed by atoms with van der Waals surface area (Å²) in [5.41, 5.74) is 0. The van der Waals surface area contributed by atoms with Gasteiger partial charge < -0.3 is 10.1 Å². The van der Waals surface area contributed by atoms with Gasteiger partial charge in [0.05, 0.1) is 6.10 Å². The van der Waals surface area contributed by atoms with Gasteiger partial charge in [-0.2, -0.15) is 0 Å². The lowest BCUT2D eigenvalue weighted by atomic mass is 9.72. The fraction of sp³-hybridized carbons (Fsp3) is 1.00. The summed E-state index contributed by atoms with van der Waals surface area (Å²) >= 11 is 0. The minimum absolute atomic E-state index is 0.377. The van der Waals surface area contributed by atoms with Crippen molar-refractivity contribution in [2.45, 2.75) is 64.5 Å². The van der Waals surface area contributed by atoms with Crippen molar-refractivity contribution in [1.82, 2.24) is 5.32 Å². The highest BCUT2D eigenvalue weighted by molar-refractivity contribution is 4.88.